The van der Waals surface area contributed by atoms with Crippen molar-refractivity contribution in [2.75, 3.05) is 6.61 Å². The van der Waals surface area contributed by atoms with Crippen molar-refractivity contribution in [2.24, 2.45) is 17.8 Å². The number of aliphatic hydroxyl groups is 2. The summed E-state index contributed by atoms with van der Waals surface area (Å²) in [4.78, 5) is 35.4. The van der Waals surface area contributed by atoms with Gasteiger partial charge < -0.3 is 14.9 Å². The van der Waals surface area contributed by atoms with Crippen LogP contribution in [0.2, 0.25) is 0 Å². The van der Waals surface area contributed by atoms with Crippen LogP contribution in [0, 0.1) is 17.8 Å². The molecule has 2 N–H and O–H groups in total. The van der Waals surface area contributed by atoms with Crippen molar-refractivity contribution in [3.8, 4) is 0 Å². The molecule has 31 heavy (non-hydrogen) atoms. The third-order valence-corrected chi connectivity index (χ3v) is 6.10. The molecule has 176 valence electrons. The maximum Gasteiger partial charge on any atom is 0.380 e. The molecule has 1 aliphatic rings. The second kappa shape index (κ2) is 14.3. The van der Waals surface area contributed by atoms with Gasteiger partial charge in [-0.25, -0.2) is 4.79 Å². The molecular weight excluding hydrogens is 396 g/mol. The SMILES string of the molecule is C=C[C@@H](CC=C[C@H]1CCC(=O)[C@@H]1CCCCCC(O)(O)C(=O)C(=O)OCC)CCCC. The second-order valence-electron chi connectivity index (χ2n) is 8.54. The topological polar surface area (TPSA) is 101 Å². The summed E-state index contributed by atoms with van der Waals surface area (Å²) in [6.45, 7) is 7.65. The molecule has 1 fully saturated rings. The number of Topliss-reactive ketones (excluding diaryl/α,β-unsaturated/α-hetero) is 2. The smallest absolute Gasteiger partial charge is 0.380 e. The van der Waals surface area contributed by atoms with E-state index < -0.39 is 17.5 Å². The fourth-order valence-electron chi connectivity index (χ4n) is 4.15. The lowest BCUT2D eigenvalue weighted by Gasteiger charge is -2.19. The molecule has 0 spiro atoms. The predicted octanol–water partition coefficient (Wildman–Crippen LogP) is 4.28. The molecule has 1 aliphatic carbocycles. The van der Waals surface area contributed by atoms with Crippen molar-refractivity contribution < 1.29 is 29.3 Å². The van der Waals surface area contributed by atoms with Crippen LogP contribution in [-0.4, -0.2) is 40.1 Å². The lowest BCUT2D eigenvalue weighted by atomic mass is 9.88. The quantitative estimate of drug-likeness (QED) is 0.123. The first-order chi connectivity index (χ1) is 14.8. The van der Waals surface area contributed by atoms with Gasteiger partial charge in [0.05, 0.1) is 6.61 Å². The zero-order valence-corrected chi connectivity index (χ0v) is 19.2. The van der Waals surface area contributed by atoms with Crippen molar-refractivity contribution in [3.63, 3.8) is 0 Å². The van der Waals surface area contributed by atoms with E-state index in [2.05, 4.69) is 30.4 Å². The minimum atomic E-state index is -2.69. The number of ether oxygens (including phenoxy) is 1. The zero-order valence-electron chi connectivity index (χ0n) is 19.2. The van der Waals surface area contributed by atoms with Crippen molar-refractivity contribution in [1.29, 1.82) is 0 Å². The highest BCUT2D eigenvalue weighted by Crippen LogP contribution is 2.34. The average molecular weight is 437 g/mol. The molecule has 1 saturated carbocycles. The number of carbonyl (C=O) groups excluding carboxylic acids is 3. The number of allylic oxidation sites excluding steroid dienone is 3. The standard InChI is InChI=1S/C25H40O6/c1-4-7-12-19(5-2)13-11-14-20-16-17-22(26)21(20)15-9-8-10-18-25(29,30)23(27)24(28)31-6-3/h5,11,14,19-21,29-30H,2,4,6-10,12-13,15-18H2,1,3H3/t19-,20+,21-/m1/s1. The van der Waals surface area contributed by atoms with E-state index in [1.54, 1.807) is 6.92 Å². The van der Waals surface area contributed by atoms with Crippen LogP contribution in [-0.2, 0) is 19.1 Å². The van der Waals surface area contributed by atoms with Gasteiger partial charge >= 0.3 is 5.97 Å². The van der Waals surface area contributed by atoms with Gasteiger partial charge in [0, 0.05) is 18.8 Å². The largest absolute Gasteiger partial charge is 0.460 e. The van der Waals surface area contributed by atoms with Gasteiger partial charge in [-0.05, 0) is 50.9 Å². The predicted molar refractivity (Wildman–Crippen MR) is 120 cm³/mol. The summed E-state index contributed by atoms with van der Waals surface area (Å²) in [6.07, 6.45) is 14.7. The van der Waals surface area contributed by atoms with E-state index in [9.17, 15) is 24.6 Å². The number of rotatable bonds is 16. The number of hydrogen-bond donors (Lipinski definition) is 2. The van der Waals surface area contributed by atoms with Crippen LogP contribution < -0.4 is 0 Å². The monoisotopic (exact) mass is 436 g/mol. The van der Waals surface area contributed by atoms with Gasteiger partial charge in [-0.15, -0.1) is 6.58 Å². The molecule has 0 aromatic heterocycles. The van der Waals surface area contributed by atoms with Crippen LogP contribution in [0.1, 0.15) is 84.5 Å². The van der Waals surface area contributed by atoms with E-state index in [1.807, 2.05) is 6.08 Å². The molecule has 6 nitrogen and oxygen atoms in total. The van der Waals surface area contributed by atoms with Crippen LogP contribution in [0.25, 0.3) is 0 Å². The zero-order chi connectivity index (χ0) is 23.3. The third kappa shape index (κ3) is 9.48. The van der Waals surface area contributed by atoms with Crippen LogP contribution in [0.4, 0.5) is 0 Å². The van der Waals surface area contributed by atoms with Gasteiger partial charge in [-0.2, -0.15) is 0 Å². The average Bonchev–Trinajstić information content (AvgIpc) is 3.09. The third-order valence-electron chi connectivity index (χ3n) is 6.10. The second-order valence-corrected chi connectivity index (χ2v) is 8.54. The summed E-state index contributed by atoms with van der Waals surface area (Å²) in [7, 11) is 0. The van der Waals surface area contributed by atoms with Crippen molar-refractivity contribution in [1.82, 2.24) is 0 Å². The molecular formula is C25H40O6. The van der Waals surface area contributed by atoms with Crippen molar-refractivity contribution in [3.05, 3.63) is 24.8 Å². The number of ketones is 2. The number of unbranched alkanes of at least 4 members (excludes halogenated alkanes) is 3. The van der Waals surface area contributed by atoms with Crippen LogP contribution in [0.3, 0.4) is 0 Å². The molecule has 0 bridgehead atoms. The Kier molecular flexibility index (Phi) is 12.6. The molecule has 6 heteroatoms. The lowest BCUT2D eigenvalue weighted by molar-refractivity contribution is -0.193. The minimum Gasteiger partial charge on any atom is -0.460 e. The first-order valence-corrected chi connectivity index (χ1v) is 11.7. The highest BCUT2D eigenvalue weighted by atomic mass is 16.6. The molecule has 0 aromatic carbocycles. The lowest BCUT2D eigenvalue weighted by Crippen LogP contribution is -2.43. The van der Waals surface area contributed by atoms with E-state index >= 15 is 0 Å². The summed E-state index contributed by atoms with van der Waals surface area (Å²) in [5.74, 6) is -4.18. The Morgan fingerprint density at radius 2 is 1.97 bits per heavy atom. The minimum absolute atomic E-state index is 0.00132. The van der Waals surface area contributed by atoms with E-state index in [1.165, 1.54) is 12.8 Å². The summed E-state index contributed by atoms with van der Waals surface area (Å²) >= 11 is 0. The van der Waals surface area contributed by atoms with Crippen molar-refractivity contribution >= 4 is 17.5 Å². The van der Waals surface area contributed by atoms with Crippen LogP contribution in [0.15, 0.2) is 24.8 Å². The van der Waals surface area contributed by atoms with Crippen molar-refractivity contribution in [2.45, 2.75) is 90.3 Å². The first-order valence-electron chi connectivity index (χ1n) is 11.7. The van der Waals surface area contributed by atoms with Gasteiger partial charge in [-0.1, -0.05) is 50.8 Å². The fourth-order valence-corrected chi connectivity index (χ4v) is 4.15. The molecule has 1 rings (SSSR count). The Labute approximate surface area is 186 Å². The van der Waals surface area contributed by atoms with E-state index in [4.69, 9.17) is 0 Å². The maximum absolute atomic E-state index is 12.3. The maximum atomic E-state index is 12.3. The Morgan fingerprint density at radius 3 is 2.61 bits per heavy atom. The summed E-state index contributed by atoms with van der Waals surface area (Å²) < 4.78 is 4.52. The molecule has 0 aromatic rings. The Morgan fingerprint density at radius 1 is 1.23 bits per heavy atom. The van der Waals surface area contributed by atoms with E-state index in [-0.39, 0.29) is 24.9 Å². The number of esters is 1. The molecule has 3 atom stereocenters. The van der Waals surface area contributed by atoms with Gasteiger partial charge in [0.2, 0.25) is 5.79 Å². The van der Waals surface area contributed by atoms with Gasteiger partial charge in [-0.3, -0.25) is 9.59 Å². The molecule has 0 radical (unpaired) electrons. The van der Waals surface area contributed by atoms with Crippen LogP contribution in [0.5, 0.6) is 0 Å². The Hall–Kier alpha value is -1.79. The highest BCUT2D eigenvalue weighted by Gasteiger charge is 2.38. The Bertz CT molecular complexity index is 622. The molecule has 0 heterocycles. The van der Waals surface area contributed by atoms with E-state index in [0.29, 0.717) is 31.0 Å². The van der Waals surface area contributed by atoms with E-state index in [0.717, 1.165) is 32.1 Å². The van der Waals surface area contributed by atoms with Gasteiger partial charge in [0.25, 0.3) is 5.78 Å². The Balaban J connectivity index is 2.41. The van der Waals surface area contributed by atoms with Gasteiger partial charge in [0.15, 0.2) is 0 Å². The molecule has 0 saturated heterocycles. The number of carbonyl (C=O) groups is 3. The summed E-state index contributed by atoms with van der Waals surface area (Å²) in [5, 5.41) is 19.7. The highest BCUT2D eigenvalue weighted by molar-refractivity contribution is 6.36. The summed E-state index contributed by atoms with van der Waals surface area (Å²) in [5.41, 5.74) is 0. The molecule has 0 unspecified atom stereocenters. The normalized spacial score (nSPS) is 20.2. The number of hydrogen-bond acceptors (Lipinski definition) is 6. The molecule has 0 aliphatic heterocycles. The fraction of sp³-hybridized carbons (Fsp3) is 0.720. The first kappa shape index (κ1) is 27.2. The van der Waals surface area contributed by atoms with Crippen LogP contribution >= 0.6 is 0 Å². The molecule has 0 amide bonds. The van der Waals surface area contributed by atoms with Gasteiger partial charge in [0.1, 0.15) is 5.78 Å². The summed E-state index contributed by atoms with van der Waals surface area (Å²) in [6, 6.07) is 0.